The van der Waals surface area contributed by atoms with Gasteiger partial charge in [-0.1, -0.05) is 12.1 Å². The molecule has 1 aliphatic carbocycles. The van der Waals surface area contributed by atoms with Crippen LogP contribution in [0.3, 0.4) is 0 Å². The van der Waals surface area contributed by atoms with Crippen molar-refractivity contribution in [1.82, 2.24) is 25.3 Å². The number of amides is 1. The standard InChI is InChI=1S/C18H18N6O2/c1-2-26-17-14-15(23-18(19)24-17)20-9-13(22-14)10-3-5-11(6-4-10)16(25)21-12-7-8-12/h3-6,9,12H,2,7-8H2,1H3,(H,21,25)(H2,19,20,23,24). The Balaban J connectivity index is 1.66. The molecule has 0 bridgehead atoms. The third kappa shape index (κ3) is 3.26. The van der Waals surface area contributed by atoms with E-state index in [4.69, 9.17) is 10.5 Å². The number of aromatic nitrogens is 4. The van der Waals surface area contributed by atoms with Gasteiger partial charge in [0.2, 0.25) is 11.8 Å². The van der Waals surface area contributed by atoms with Gasteiger partial charge in [0.15, 0.2) is 11.2 Å². The number of rotatable bonds is 5. The minimum atomic E-state index is -0.0499. The largest absolute Gasteiger partial charge is 0.476 e. The number of nitrogens with two attached hydrogens (primary N) is 1. The Morgan fingerprint density at radius 3 is 2.69 bits per heavy atom. The zero-order valence-corrected chi connectivity index (χ0v) is 14.3. The van der Waals surface area contributed by atoms with Gasteiger partial charge >= 0.3 is 0 Å². The summed E-state index contributed by atoms with van der Waals surface area (Å²) in [5, 5.41) is 2.97. The van der Waals surface area contributed by atoms with E-state index in [1.807, 2.05) is 19.1 Å². The molecule has 132 valence electrons. The molecule has 0 aliphatic heterocycles. The number of hydrogen-bond acceptors (Lipinski definition) is 7. The highest BCUT2D eigenvalue weighted by molar-refractivity contribution is 5.95. The van der Waals surface area contributed by atoms with Crippen LogP contribution in [-0.4, -0.2) is 38.5 Å². The summed E-state index contributed by atoms with van der Waals surface area (Å²) < 4.78 is 5.50. The molecule has 0 spiro atoms. The predicted octanol–water partition coefficient (Wildman–Crippen LogP) is 1.96. The van der Waals surface area contributed by atoms with Gasteiger partial charge in [0, 0.05) is 17.2 Å². The number of fused-ring (bicyclic) bond motifs is 1. The zero-order valence-electron chi connectivity index (χ0n) is 14.3. The summed E-state index contributed by atoms with van der Waals surface area (Å²) in [6.07, 6.45) is 3.74. The van der Waals surface area contributed by atoms with Gasteiger partial charge in [0.1, 0.15) is 0 Å². The van der Waals surface area contributed by atoms with Crippen molar-refractivity contribution in [1.29, 1.82) is 0 Å². The molecule has 3 N–H and O–H groups in total. The number of hydrogen-bond donors (Lipinski definition) is 2. The quantitative estimate of drug-likeness (QED) is 0.722. The molecule has 1 amide bonds. The van der Waals surface area contributed by atoms with Gasteiger partial charge in [-0.2, -0.15) is 9.97 Å². The highest BCUT2D eigenvalue weighted by Crippen LogP contribution is 2.25. The molecule has 1 aliphatic rings. The van der Waals surface area contributed by atoms with Crippen LogP contribution in [0.1, 0.15) is 30.1 Å². The number of nitrogens with one attached hydrogen (secondary N) is 1. The van der Waals surface area contributed by atoms with Crippen LogP contribution in [-0.2, 0) is 0 Å². The molecule has 8 heteroatoms. The van der Waals surface area contributed by atoms with Crippen molar-refractivity contribution < 1.29 is 9.53 Å². The van der Waals surface area contributed by atoms with Crippen molar-refractivity contribution >= 4 is 23.0 Å². The minimum Gasteiger partial charge on any atom is -0.476 e. The van der Waals surface area contributed by atoms with Gasteiger partial charge in [0.25, 0.3) is 5.91 Å². The van der Waals surface area contributed by atoms with Gasteiger partial charge in [-0.15, -0.1) is 0 Å². The summed E-state index contributed by atoms with van der Waals surface area (Å²) in [5.41, 5.74) is 8.61. The van der Waals surface area contributed by atoms with Gasteiger partial charge in [-0.25, -0.2) is 9.97 Å². The fourth-order valence-corrected chi connectivity index (χ4v) is 2.56. The second-order valence-corrected chi connectivity index (χ2v) is 6.07. The van der Waals surface area contributed by atoms with E-state index < -0.39 is 0 Å². The van der Waals surface area contributed by atoms with Crippen molar-refractivity contribution in [2.24, 2.45) is 0 Å². The Kier molecular flexibility index (Phi) is 4.08. The maximum atomic E-state index is 12.1. The molecule has 26 heavy (non-hydrogen) atoms. The Labute approximate surface area is 149 Å². The predicted molar refractivity (Wildman–Crippen MR) is 96.6 cm³/mol. The topological polar surface area (TPSA) is 116 Å². The molecule has 4 rings (SSSR count). The van der Waals surface area contributed by atoms with Gasteiger partial charge in [-0.3, -0.25) is 4.79 Å². The van der Waals surface area contributed by atoms with Gasteiger partial charge in [-0.05, 0) is 31.9 Å². The molecule has 1 aromatic carbocycles. The summed E-state index contributed by atoms with van der Waals surface area (Å²) in [7, 11) is 0. The molecule has 3 aromatic rings. The first-order valence-electron chi connectivity index (χ1n) is 8.48. The molecule has 8 nitrogen and oxygen atoms in total. The normalized spacial score (nSPS) is 13.6. The van der Waals surface area contributed by atoms with Crippen LogP contribution in [0, 0.1) is 0 Å². The van der Waals surface area contributed by atoms with Crippen LogP contribution in [0.4, 0.5) is 5.95 Å². The summed E-state index contributed by atoms with van der Waals surface area (Å²) >= 11 is 0. The highest BCUT2D eigenvalue weighted by Gasteiger charge is 2.23. The molecule has 2 heterocycles. The van der Waals surface area contributed by atoms with E-state index >= 15 is 0 Å². The lowest BCUT2D eigenvalue weighted by molar-refractivity contribution is 0.0951. The lowest BCUT2D eigenvalue weighted by atomic mass is 10.1. The lowest BCUT2D eigenvalue weighted by Crippen LogP contribution is -2.25. The molecule has 0 unspecified atom stereocenters. The van der Waals surface area contributed by atoms with Crippen molar-refractivity contribution in [3.05, 3.63) is 36.0 Å². The van der Waals surface area contributed by atoms with Crippen molar-refractivity contribution in [3.8, 4) is 17.1 Å². The van der Waals surface area contributed by atoms with Crippen molar-refractivity contribution in [3.63, 3.8) is 0 Å². The first kappa shape index (κ1) is 16.2. The number of carbonyl (C=O) groups excluding carboxylic acids is 1. The van der Waals surface area contributed by atoms with Crippen LogP contribution in [0.5, 0.6) is 5.88 Å². The van der Waals surface area contributed by atoms with Crippen LogP contribution >= 0.6 is 0 Å². The molecule has 1 saturated carbocycles. The Bertz CT molecular complexity index is 969. The monoisotopic (exact) mass is 350 g/mol. The Morgan fingerprint density at radius 2 is 2.00 bits per heavy atom. The first-order chi connectivity index (χ1) is 12.6. The molecule has 0 radical (unpaired) electrons. The number of benzene rings is 1. The molecule has 0 saturated heterocycles. The van der Waals surface area contributed by atoms with Crippen molar-refractivity contribution in [2.45, 2.75) is 25.8 Å². The first-order valence-corrected chi connectivity index (χ1v) is 8.48. The molecule has 0 atom stereocenters. The lowest BCUT2D eigenvalue weighted by Gasteiger charge is -2.08. The summed E-state index contributed by atoms with van der Waals surface area (Å²) in [5.74, 6) is 0.352. The second kappa shape index (κ2) is 6.55. The summed E-state index contributed by atoms with van der Waals surface area (Å²) in [6.45, 7) is 2.29. The van der Waals surface area contributed by atoms with E-state index in [0.29, 0.717) is 40.9 Å². The number of nitrogen functional groups attached to an aromatic ring is 1. The van der Waals surface area contributed by atoms with Crippen LogP contribution < -0.4 is 15.8 Å². The summed E-state index contributed by atoms with van der Waals surface area (Å²) in [4.78, 5) is 29.1. The van der Waals surface area contributed by atoms with E-state index in [1.54, 1.807) is 18.3 Å². The molecule has 1 fully saturated rings. The van der Waals surface area contributed by atoms with E-state index in [2.05, 4.69) is 25.3 Å². The Morgan fingerprint density at radius 1 is 1.23 bits per heavy atom. The fourth-order valence-electron chi connectivity index (χ4n) is 2.56. The van der Waals surface area contributed by atoms with Crippen LogP contribution in [0.2, 0.25) is 0 Å². The van der Waals surface area contributed by atoms with E-state index in [1.165, 1.54) is 0 Å². The Hall–Kier alpha value is -3.29. The number of anilines is 1. The average Bonchev–Trinajstić information content (AvgIpc) is 3.46. The second-order valence-electron chi connectivity index (χ2n) is 6.07. The summed E-state index contributed by atoms with van der Waals surface area (Å²) in [6, 6.07) is 7.58. The number of ether oxygens (including phenoxy) is 1. The van der Waals surface area contributed by atoms with E-state index in [0.717, 1.165) is 18.4 Å². The molecule has 2 aromatic heterocycles. The van der Waals surface area contributed by atoms with E-state index in [-0.39, 0.29) is 11.9 Å². The SMILES string of the molecule is CCOc1nc(N)nc2ncc(-c3ccc(C(=O)NC4CC4)cc3)nc12. The number of carbonyl (C=O) groups is 1. The van der Waals surface area contributed by atoms with Gasteiger partial charge < -0.3 is 15.8 Å². The maximum absolute atomic E-state index is 12.1. The fraction of sp³-hybridized carbons (Fsp3) is 0.278. The average molecular weight is 350 g/mol. The molecular weight excluding hydrogens is 332 g/mol. The maximum Gasteiger partial charge on any atom is 0.251 e. The third-order valence-corrected chi connectivity index (χ3v) is 4.03. The minimum absolute atomic E-state index is 0.0499. The smallest absolute Gasteiger partial charge is 0.251 e. The zero-order chi connectivity index (χ0) is 18.1. The third-order valence-electron chi connectivity index (χ3n) is 4.03. The van der Waals surface area contributed by atoms with E-state index in [9.17, 15) is 4.79 Å². The molecular formula is C18H18N6O2. The van der Waals surface area contributed by atoms with Crippen molar-refractivity contribution in [2.75, 3.05) is 12.3 Å². The van der Waals surface area contributed by atoms with Gasteiger partial charge in [0.05, 0.1) is 18.5 Å². The highest BCUT2D eigenvalue weighted by atomic mass is 16.5. The van der Waals surface area contributed by atoms with Crippen LogP contribution in [0.25, 0.3) is 22.4 Å². The van der Waals surface area contributed by atoms with Crippen LogP contribution in [0.15, 0.2) is 30.5 Å². The number of nitrogens with zero attached hydrogens (tertiary/aromatic N) is 4.